The number of nitrogens with zero attached hydrogens (tertiary/aromatic N) is 3. The van der Waals surface area contributed by atoms with Crippen LogP contribution in [0.4, 0.5) is 0 Å². The lowest BCUT2D eigenvalue weighted by Crippen LogP contribution is -2.50. The minimum absolute atomic E-state index is 0.0200. The average molecular weight is 482 g/mol. The van der Waals surface area contributed by atoms with Gasteiger partial charge in [0.25, 0.3) is 0 Å². The Morgan fingerprint density at radius 1 is 1.00 bits per heavy atom. The van der Waals surface area contributed by atoms with Crippen molar-refractivity contribution in [1.82, 2.24) is 14.2 Å². The van der Waals surface area contributed by atoms with Crippen molar-refractivity contribution in [3.8, 4) is 11.3 Å². The molecule has 0 radical (unpaired) electrons. The standard InChI is InChI=1S/C26H31N3O4S/c1-19(2)21-8-10-23(11-9-21)34(31,32)29-16-14-28(15-17-29)26(30)13-12-25-27-18-24(33-25)22-6-4-20(3)5-7-22/h4-11,18-19H,12-17H2,1-3H3. The molecule has 3 aromatic rings. The molecule has 180 valence electrons. The molecule has 0 spiro atoms. The van der Waals surface area contributed by atoms with Crippen LogP contribution >= 0.6 is 0 Å². The summed E-state index contributed by atoms with van der Waals surface area (Å²) in [5.41, 5.74) is 3.23. The highest BCUT2D eigenvalue weighted by atomic mass is 32.2. The normalized spacial score (nSPS) is 15.1. The van der Waals surface area contributed by atoms with E-state index in [0.717, 1.165) is 11.1 Å². The lowest BCUT2D eigenvalue weighted by Gasteiger charge is -2.34. The van der Waals surface area contributed by atoms with Gasteiger partial charge in [-0.2, -0.15) is 4.31 Å². The van der Waals surface area contributed by atoms with Crippen LogP contribution in [-0.4, -0.2) is 54.7 Å². The molecule has 0 atom stereocenters. The molecule has 0 bridgehead atoms. The van der Waals surface area contributed by atoms with E-state index in [0.29, 0.717) is 42.0 Å². The van der Waals surface area contributed by atoms with Crippen LogP contribution in [0.3, 0.4) is 0 Å². The van der Waals surface area contributed by atoms with Gasteiger partial charge in [0.2, 0.25) is 15.9 Å². The van der Waals surface area contributed by atoms with E-state index in [2.05, 4.69) is 18.8 Å². The number of hydrogen-bond acceptors (Lipinski definition) is 5. The molecule has 7 nitrogen and oxygen atoms in total. The first-order valence-electron chi connectivity index (χ1n) is 11.6. The molecule has 0 N–H and O–H groups in total. The van der Waals surface area contributed by atoms with E-state index in [-0.39, 0.29) is 25.4 Å². The second kappa shape index (κ2) is 10.1. The van der Waals surface area contributed by atoms with Gasteiger partial charge in [-0.25, -0.2) is 13.4 Å². The molecule has 1 aromatic heterocycles. The second-order valence-electron chi connectivity index (χ2n) is 8.99. The van der Waals surface area contributed by atoms with Gasteiger partial charge in [-0.15, -0.1) is 0 Å². The molecule has 2 heterocycles. The Morgan fingerprint density at radius 2 is 1.65 bits per heavy atom. The molecule has 0 aliphatic carbocycles. The smallest absolute Gasteiger partial charge is 0.243 e. The maximum absolute atomic E-state index is 13.0. The number of piperazine rings is 1. The molecule has 1 aliphatic rings. The predicted molar refractivity (Wildman–Crippen MR) is 131 cm³/mol. The van der Waals surface area contributed by atoms with Crippen molar-refractivity contribution in [2.45, 2.75) is 44.4 Å². The molecular weight excluding hydrogens is 450 g/mol. The first-order valence-corrected chi connectivity index (χ1v) is 13.1. The Kier molecular flexibility index (Phi) is 7.19. The van der Waals surface area contributed by atoms with E-state index in [1.54, 1.807) is 23.2 Å². The van der Waals surface area contributed by atoms with Crippen molar-refractivity contribution < 1.29 is 17.6 Å². The topological polar surface area (TPSA) is 83.7 Å². The number of sulfonamides is 1. The van der Waals surface area contributed by atoms with E-state index in [1.807, 2.05) is 43.3 Å². The Bertz CT molecular complexity index is 1220. The first kappa shape index (κ1) is 24.2. The Morgan fingerprint density at radius 3 is 2.26 bits per heavy atom. The number of hydrogen-bond donors (Lipinski definition) is 0. The number of carbonyl (C=O) groups excluding carboxylic acids is 1. The van der Waals surface area contributed by atoms with Crippen LogP contribution in [0, 0.1) is 6.92 Å². The van der Waals surface area contributed by atoms with Gasteiger partial charge in [0.05, 0.1) is 11.1 Å². The molecule has 1 saturated heterocycles. The third kappa shape index (κ3) is 5.39. The maximum atomic E-state index is 13.0. The number of oxazole rings is 1. The van der Waals surface area contributed by atoms with Crippen LogP contribution in [-0.2, 0) is 21.2 Å². The fourth-order valence-corrected chi connectivity index (χ4v) is 5.42. The quantitative estimate of drug-likeness (QED) is 0.504. The van der Waals surface area contributed by atoms with Crippen LogP contribution in [0.15, 0.2) is 64.0 Å². The molecule has 2 aromatic carbocycles. The summed E-state index contributed by atoms with van der Waals surface area (Å²) < 4.78 is 33.3. The SMILES string of the molecule is Cc1ccc(-c2cnc(CCC(=O)N3CCN(S(=O)(=O)c4ccc(C(C)C)cc4)CC3)o2)cc1. The Balaban J connectivity index is 1.29. The minimum Gasteiger partial charge on any atom is -0.441 e. The molecule has 0 saturated carbocycles. The zero-order valence-corrected chi connectivity index (χ0v) is 20.7. The molecule has 8 heteroatoms. The Labute approximate surface area is 201 Å². The molecule has 1 fully saturated rings. The van der Waals surface area contributed by atoms with E-state index in [9.17, 15) is 13.2 Å². The summed E-state index contributed by atoms with van der Waals surface area (Å²) in [7, 11) is -3.56. The van der Waals surface area contributed by atoms with Gasteiger partial charge in [0.15, 0.2) is 11.7 Å². The number of carbonyl (C=O) groups is 1. The van der Waals surface area contributed by atoms with Crippen LogP contribution in [0.25, 0.3) is 11.3 Å². The largest absolute Gasteiger partial charge is 0.441 e. The fraction of sp³-hybridized carbons (Fsp3) is 0.385. The third-order valence-electron chi connectivity index (χ3n) is 6.22. The second-order valence-corrected chi connectivity index (χ2v) is 10.9. The van der Waals surface area contributed by atoms with Crippen LogP contribution in [0.2, 0.25) is 0 Å². The van der Waals surface area contributed by atoms with Gasteiger partial charge in [0, 0.05) is 44.6 Å². The van der Waals surface area contributed by atoms with Crippen molar-refractivity contribution in [3.05, 3.63) is 71.7 Å². The molecule has 4 rings (SSSR count). The molecular formula is C26H31N3O4S. The number of aryl methyl sites for hydroxylation is 2. The zero-order chi connectivity index (χ0) is 24.3. The highest BCUT2D eigenvalue weighted by Crippen LogP contribution is 2.23. The summed E-state index contributed by atoms with van der Waals surface area (Å²) >= 11 is 0. The van der Waals surface area contributed by atoms with Crippen LogP contribution in [0.5, 0.6) is 0 Å². The minimum atomic E-state index is -3.56. The number of aromatic nitrogens is 1. The third-order valence-corrected chi connectivity index (χ3v) is 8.13. The predicted octanol–water partition coefficient (Wildman–Crippen LogP) is 4.24. The monoisotopic (exact) mass is 481 g/mol. The number of rotatable bonds is 7. The molecule has 34 heavy (non-hydrogen) atoms. The number of benzene rings is 2. The first-order chi connectivity index (χ1) is 16.2. The van der Waals surface area contributed by atoms with E-state index in [1.165, 1.54) is 9.87 Å². The summed E-state index contributed by atoms with van der Waals surface area (Å²) in [4.78, 5) is 19.0. The summed E-state index contributed by atoms with van der Waals surface area (Å²) in [6, 6.07) is 15.1. The lowest BCUT2D eigenvalue weighted by molar-refractivity contribution is -0.132. The van der Waals surface area contributed by atoms with Crippen molar-refractivity contribution in [2.24, 2.45) is 0 Å². The van der Waals surface area contributed by atoms with Crippen LogP contribution in [0.1, 0.15) is 43.2 Å². The summed E-state index contributed by atoms with van der Waals surface area (Å²) in [6.45, 7) is 7.51. The van der Waals surface area contributed by atoms with Crippen molar-refractivity contribution in [3.63, 3.8) is 0 Å². The van der Waals surface area contributed by atoms with Crippen molar-refractivity contribution in [2.75, 3.05) is 26.2 Å². The summed E-state index contributed by atoms with van der Waals surface area (Å²) in [5.74, 6) is 1.53. The van der Waals surface area contributed by atoms with E-state index < -0.39 is 10.0 Å². The summed E-state index contributed by atoms with van der Waals surface area (Å²) in [6.07, 6.45) is 2.37. The van der Waals surface area contributed by atoms with Crippen LogP contribution < -0.4 is 0 Å². The highest BCUT2D eigenvalue weighted by Gasteiger charge is 2.30. The van der Waals surface area contributed by atoms with Gasteiger partial charge in [-0.05, 0) is 30.5 Å². The Hall–Kier alpha value is -2.97. The van der Waals surface area contributed by atoms with Gasteiger partial charge >= 0.3 is 0 Å². The van der Waals surface area contributed by atoms with Gasteiger partial charge in [-0.3, -0.25) is 4.79 Å². The van der Waals surface area contributed by atoms with Crippen molar-refractivity contribution >= 4 is 15.9 Å². The average Bonchev–Trinajstić information content (AvgIpc) is 3.32. The van der Waals surface area contributed by atoms with E-state index >= 15 is 0 Å². The van der Waals surface area contributed by atoms with Gasteiger partial charge < -0.3 is 9.32 Å². The fourth-order valence-electron chi connectivity index (χ4n) is 4.00. The highest BCUT2D eigenvalue weighted by molar-refractivity contribution is 7.89. The van der Waals surface area contributed by atoms with Crippen molar-refractivity contribution in [1.29, 1.82) is 0 Å². The lowest BCUT2D eigenvalue weighted by atomic mass is 10.0. The zero-order valence-electron chi connectivity index (χ0n) is 19.9. The molecule has 0 unspecified atom stereocenters. The molecule has 1 amide bonds. The van der Waals surface area contributed by atoms with Gasteiger partial charge in [0.1, 0.15) is 0 Å². The van der Waals surface area contributed by atoms with E-state index in [4.69, 9.17) is 4.42 Å². The maximum Gasteiger partial charge on any atom is 0.243 e. The summed E-state index contributed by atoms with van der Waals surface area (Å²) in [5, 5.41) is 0. The number of amides is 1. The molecule has 1 aliphatic heterocycles. The van der Waals surface area contributed by atoms with Gasteiger partial charge in [-0.1, -0.05) is 55.8 Å².